The number of ketones is 1. The van der Waals surface area contributed by atoms with Crippen LogP contribution in [0.5, 0.6) is 5.75 Å². The van der Waals surface area contributed by atoms with E-state index in [4.69, 9.17) is 11.6 Å². The van der Waals surface area contributed by atoms with Gasteiger partial charge in [0.2, 0.25) is 0 Å². The molecule has 0 aliphatic heterocycles. The summed E-state index contributed by atoms with van der Waals surface area (Å²) in [5.74, 6) is -1.35. The van der Waals surface area contributed by atoms with Gasteiger partial charge < -0.3 is 15.5 Å². The van der Waals surface area contributed by atoms with Crippen LogP contribution in [0, 0.1) is 11.7 Å². The minimum atomic E-state index is -0.809. The molecule has 8 heteroatoms. The number of phenols is 1. The molecule has 6 nitrogen and oxygen atoms in total. The number of likely N-dealkylation sites (N-methyl/N-ethyl adjacent to an activating group) is 1. The van der Waals surface area contributed by atoms with E-state index in [-0.39, 0.29) is 16.7 Å². The van der Waals surface area contributed by atoms with Crippen molar-refractivity contribution in [1.82, 2.24) is 9.88 Å². The number of aromatic hydroxyl groups is 1. The summed E-state index contributed by atoms with van der Waals surface area (Å²) in [6.45, 7) is 0. The van der Waals surface area contributed by atoms with E-state index < -0.39 is 17.8 Å². The zero-order valence-electron chi connectivity index (χ0n) is 20.5. The van der Waals surface area contributed by atoms with Gasteiger partial charge in [0.1, 0.15) is 6.23 Å². The van der Waals surface area contributed by atoms with Gasteiger partial charge in [-0.3, -0.25) is 14.7 Å². The lowest BCUT2D eigenvalue weighted by molar-refractivity contribution is 0.0413. The predicted octanol–water partition coefficient (Wildman–Crippen LogP) is 6.16. The minimum Gasteiger partial charge on any atom is -0.504 e. The molecule has 0 bridgehead atoms. The Morgan fingerprint density at radius 2 is 1.86 bits per heavy atom. The number of fused-ring (bicyclic) bond motifs is 1. The summed E-state index contributed by atoms with van der Waals surface area (Å²) in [5.41, 5.74) is 4.75. The first kappa shape index (κ1) is 25.1. The van der Waals surface area contributed by atoms with Crippen LogP contribution in [0.3, 0.4) is 0 Å². The second-order valence-corrected chi connectivity index (χ2v) is 10.1. The van der Waals surface area contributed by atoms with Crippen molar-refractivity contribution in [2.45, 2.75) is 25.5 Å². The van der Waals surface area contributed by atoms with Gasteiger partial charge in [0.25, 0.3) is 0 Å². The maximum atomic E-state index is 14.2. The third-order valence-electron chi connectivity index (χ3n) is 6.67. The zero-order chi connectivity index (χ0) is 26.3. The number of aromatic nitrogens is 1. The van der Waals surface area contributed by atoms with Gasteiger partial charge >= 0.3 is 0 Å². The van der Waals surface area contributed by atoms with E-state index in [0.717, 1.165) is 24.1 Å². The van der Waals surface area contributed by atoms with Crippen LogP contribution in [0.1, 0.15) is 28.8 Å². The molecule has 0 radical (unpaired) electrons. The number of nitrogens with one attached hydrogen (secondary N) is 1. The number of carbonyl (C=O) groups is 1. The molecule has 0 saturated heterocycles. The Labute approximate surface area is 219 Å². The summed E-state index contributed by atoms with van der Waals surface area (Å²) in [7, 11) is 3.64. The van der Waals surface area contributed by atoms with E-state index in [2.05, 4.69) is 10.3 Å². The molecule has 1 heterocycles. The van der Waals surface area contributed by atoms with Crippen LogP contribution in [-0.2, 0) is 6.42 Å². The highest BCUT2D eigenvalue weighted by molar-refractivity contribution is 6.32. The maximum absolute atomic E-state index is 14.2. The fourth-order valence-corrected chi connectivity index (χ4v) is 4.46. The minimum absolute atomic E-state index is 0.00267. The lowest BCUT2D eigenvalue weighted by Gasteiger charge is -2.19. The number of phenolic OH excluding ortho intramolecular Hbond substituents is 1. The fourth-order valence-electron chi connectivity index (χ4n) is 4.25. The van der Waals surface area contributed by atoms with Gasteiger partial charge in [0.15, 0.2) is 17.3 Å². The molecule has 37 heavy (non-hydrogen) atoms. The number of benzene rings is 3. The van der Waals surface area contributed by atoms with Crippen molar-refractivity contribution >= 4 is 39.7 Å². The molecule has 0 spiro atoms. The standard InChI is InChI=1S/C29H27ClFN3O3/c1-34(2)26(35)11-16-3-8-20(9-4-16)33-27-21-12-18(19-13-23(30)29(37)24(31)14-19)7-10-25(21)32-15-22(27)28(36)17-5-6-17/h3-4,7-10,12-15,17,26,35,37H,5-6,11H2,1-2H3,(H,32,33). The van der Waals surface area contributed by atoms with Crippen molar-refractivity contribution in [1.29, 1.82) is 0 Å². The van der Waals surface area contributed by atoms with E-state index in [1.807, 2.05) is 50.5 Å². The van der Waals surface area contributed by atoms with Gasteiger partial charge in [-0.2, -0.15) is 0 Å². The summed E-state index contributed by atoms with van der Waals surface area (Å²) >= 11 is 6.02. The SMILES string of the molecule is CN(C)C(O)Cc1ccc(Nc2c(C(=O)C3CC3)cnc3ccc(-c4cc(F)c(O)c(Cl)c4)cc23)cc1. The van der Waals surface area contributed by atoms with Gasteiger partial charge in [-0.05, 0) is 80.0 Å². The fraction of sp³-hybridized carbons (Fsp3) is 0.241. The Kier molecular flexibility index (Phi) is 6.86. The highest BCUT2D eigenvalue weighted by Gasteiger charge is 2.32. The first-order valence-corrected chi connectivity index (χ1v) is 12.4. The molecule has 3 aromatic carbocycles. The molecule has 5 rings (SSSR count). The first-order valence-electron chi connectivity index (χ1n) is 12.1. The number of aliphatic hydroxyl groups is 1. The van der Waals surface area contributed by atoms with Crippen molar-refractivity contribution in [3.05, 3.63) is 82.8 Å². The molecule has 1 atom stereocenters. The Hall–Kier alpha value is -3.52. The van der Waals surface area contributed by atoms with Crippen molar-refractivity contribution in [2.24, 2.45) is 5.92 Å². The van der Waals surface area contributed by atoms with E-state index in [9.17, 15) is 19.4 Å². The van der Waals surface area contributed by atoms with E-state index >= 15 is 0 Å². The molecule has 1 aliphatic rings. The lowest BCUT2D eigenvalue weighted by atomic mass is 9.98. The lowest BCUT2D eigenvalue weighted by Crippen LogP contribution is -2.29. The van der Waals surface area contributed by atoms with Crippen molar-refractivity contribution < 1.29 is 19.4 Å². The van der Waals surface area contributed by atoms with E-state index in [0.29, 0.717) is 39.7 Å². The van der Waals surface area contributed by atoms with Crippen LogP contribution in [0.4, 0.5) is 15.8 Å². The Balaban J connectivity index is 1.57. The average Bonchev–Trinajstić information content (AvgIpc) is 3.73. The number of halogens is 2. The number of hydrogen-bond donors (Lipinski definition) is 3. The maximum Gasteiger partial charge on any atom is 0.170 e. The molecular formula is C29H27ClFN3O3. The third-order valence-corrected chi connectivity index (χ3v) is 6.96. The van der Waals surface area contributed by atoms with Gasteiger partial charge in [0, 0.05) is 29.6 Å². The number of nitrogens with zero attached hydrogens (tertiary/aromatic N) is 2. The van der Waals surface area contributed by atoms with Gasteiger partial charge in [0.05, 0.1) is 21.8 Å². The summed E-state index contributed by atoms with van der Waals surface area (Å²) in [4.78, 5) is 19.4. The number of pyridine rings is 1. The van der Waals surface area contributed by atoms with Crippen LogP contribution in [0.25, 0.3) is 22.0 Å². The van der Waals surface area contributed by atoms with Crippen molar-refractivity contribution in [2.75, 3.05) is 19.4 Å². The normalized spacial score (nSPS) is 14.2. The van der Waals surface area contributed by atoms with Crippen LogP contribution in [0.15, 0.2) is 60.8 Å². The number of aliphatic hydroxyl groups excluding tert-OH is 1. The van der Waals surface area contributed by atoms with E-state index in [1.165, 1.54) is 12.1 Å². The summed E-state index contributed by atoms with van der Waals surface area (Å²) < 4.78 is 14.2. The predicted molar refractivity (Wildman–Crippen MR) is 144 cm³/mol. The molecular weight excluding hydrogens is 493 g/mol. The zero-order valence-corrected chi connectivity index (χ0v) is 21.3. The molecule has 3 N–H and O–H groups in total. The molecule has 1 fully saturated rings. The number of hydrogen-bond acceptors (Lipinski definition) is 6. The molecule has 0 amide bonds. The second kappa shape index (κ2) is 10.1. The van der Waals surface area contributed by atoms with Gasteiger partial charge in [-0.1, -0.05) is 29.8 Å². The Bertz CT molecular complexity index is 1460. The molecule has 1 saturated carbocycles. The first-order chi connectivity index (χ1) is 17.7. The highest BCUT2D eigenvalue weighted by Crippen LogP contribution is 2.39. The average molecular weight is 520 g/mol. The largest absolute Gasteiger partial charge is 0.504 e. The van der Waals surface area contributed by atoms with Gasteiger partial charge in [-0.15, -0.1) is 0 Å². The van der Waals surface area contributed by atoms with Crippen LogP contribution < -0.4 is 5.32 Å². The van der Waals surface area contributed by atoms with E-state index in [1.54, 1.807) is 17.2 Å². The van der Waals surface area contributed by atoms with Gasteiger partial charge in [-0.25, -0.2) is 4.39 Å². The Morgan fingerprint density at radius 1 is 1.14 bits per heavy atom. The summed E-state index contributed by atoms with van der Waals surface area (Å²) in [6, 6.07) is 15.9. The summed E-state index contributed by atoms with van der Waals surface area (Å²) in [6.07, 6.45) is 3.26. The molecule has 190 valence electrons. The molecule has 4 aromatic rings. The third kappa shape index (κ3) is 5.30. The quantitative estimate of drug-likeness (QED) is 0.191. The second-order valence-electron chi connectivity index (χ2n) is 9.68. The van der Waals surface area contributed by atoms with Crippen molar-refractivity contribution in [3.8, 4) is 16.9 Å². The monoisotopic (exact) mass is 519 g/mol. The topological polar surface area (TPSA) is 85.7 Å². The number of carbonyl (C=O) groups excluding carboxylic acids is 1. The van der Waals surface area contributed by atoms with Crippen LogP contribution >= 0.6 is 11.6 Å². The summed E-state index contributed by atoms with van der Waals surface area (Å²) in [5, 5.41) is 23.9. The Morgan fingerprint density at radius 3 is 2.51 bits per heavy atom. The number of Topliss-reactive ketones (excluding diaryl/α,β-unsaturated/α-hetero) is 1. The molecule has 1 aromatic heterocycles. The number of rotatable bonds is 8. The molecule has 1 unspecified atom stereocenters. The van der Waals surface area contributed by atoms with Crippen molar-refractivity contribution in [3.63, 3.8) is 0 Å². The van der Waals surface area contributed by atoms with Crippen LogP contribution in [-0.4, -0.2) is 46.2 Å². The van der Waals surface area contributed by atoms with Crippen LogP contribution in [0.2, 0.25) is 5.02 Å². The smallest absolute Gasteiger partial charge is 0.170 e. The highest BCUT2D eigenvalue weighted by atomic mass is 35.5. The number of anilines is 2. The molecule has 1 aliphatic carbocycles.